The van der Waals surface area contributed by atoms with Gasteiger partial charge < -0.3 is 10.1 Å². The van der Waals surface area contributed by atoms with Crippen molar-refractivity contribution in [1.82, 2.24) is 4.98 Å². The highest BCUT2D eigenvalue weighted by molar-refractivity contribution is 14.1. The molecule has 0 aliphatic carbocycles. The summed E-state index contributed by atoms with van der Waals surface area (Å²) in [4.78, 5) is 13.1. The molecule has 0 saturated heterocycles. The fourth-order valence-corrected chi connectivity index (χ4v) is 2.13. The van der Waals surface area contributed by atoms with Gasteiger partial charge >= 0.3 is 5.82 Å². The number of pyridine rings is 1. The average molecular weight is 348 g/mol. The highest BCUT2D eigenvalue weighted by Gasteiger charge is 2.25. The summed E-state index contributed by atoms with van der Waals surface area (Å²) in [6.07, 6.45) is -1.79. The Kier molecular flexibility index (Phi) is 4.14. The topological polar surface area (TPSA) is 56.0 Å². The minimum Gasteiger partial charge on any atom is -0.358 e. The first-order valence-corrected chi connectivity index (χ1v) is 5.26. The molecule has 15 heavy (non-hydrogen) atoms. The first-order chi connectivity index (χ1) is 6.99. The van der Waals surface area contributed by atoms with E-state index in [1.165, 1.54) is 22.6 Å². The van der Waals surface area contributed by atoms with Crippen LogP contribution in [0.1, 0.15) is 17.6 Å². The van der Waals surface area contributed by atoms with Gasteiger partial charge in [-0.15, -0.1) is 11.6 Å². The lowest BCUT2D eigenvalue weighted by atomic mass is 10.1. The number of nitro groups is 1. The maximum absolute atomic E-state index is 12.6. The van der Waals surface area contributed by atoms with Gasteiger partial charge in [-0.1, -0.05) is 0 Å². The second-order valence-corrected chi connectivity index (χ2v) is 3.87. The van der Waals surface area contributed by atoms with Crippen LogP contribution in [-0.2, 0) is 5.88 Å². The number of halogens is 4. The lowest BCUT2D eigenvalue weighted by Gasteiger charge is -2.06. The van der Waals surface area contributed by atoms with Crippen LogP contribution in [0.15, 0.2) is 6.20 Å². The fourth-order valence-electron chi connectivity index (χ4n) is 0.996. The van der Waals surface area contributed by atoms with Gasteiger partial charge in [0.15, 0.2) is 0 Å². The zero-order chi connectivity index (χ0) is 11.6. The Hall–Kier alpha value is -0.570. The van der Waals surface area contributed by atoms with Crippen LogP contribution in [0.25, 0.3) is 0 Å². The number of aromatic nitrogens is 1. The lowest BCUT2D eigenvalue weighted by Crippen LogP contribution is -2.03. The summed E-state index contributed by atoms with van der Waals surface area (Å²) in [5, 5.41) is 10.5. The van der Waals surface area contributed by atoms with E-state index in [2.05, 4.69) is 4.98 Å². The summed E-state index contributed by atoms with van der Waals surface area (Å²) in [6.45, 7) is 0. The van der Waals surface area contributed by atoms with Crippen LogP contribution in [0, 0.1) is 13.7 Å². The van der Waals surface area contributed by atoms with Crippen LogP contribution in [-0.4, -0.2) is 9.91 Å². The molecule has 8 heteroatoms. The van der Waals surface area contributed by atoms with Crippen LogP contribution in [0.3, 0.4) is 0 Å². The van der Waals surface area contributed by atoms with Crippen LogP contribution in [0.2, 0.25) is 0 Å². The van der Waals surface area contributed by atoms with Crippen molar-refractivity contribution < 1.29 is 13.7 Å². The molecule has 0 N–H and O–H groups in total. The Bertz CT molecular complexity index is 403. The molecule has 82 valence electrons. The fraction of sp³-hybridized carbons (Fsp3) is 0.286. The molecule has 0 saturated carbocycles. The molecule has 0 aromatic carbocycles. The van der Waals surface area contributed by atoms with Crippen LogP contribution >= 0.6 is 34.2 Å². The molecular formula is C7H4ClF2IN2O2. The van der Waals surface area contributed by atoms with Crippen molar-refractivity contribution in [2.45, 2.75) is 12.3 Å². The number of alkyl halides is 3. The van der Waals surface area contributed by atoms with Crippen molar-refractivity contribution in [2.24, 2.45) is 0 Å². The van der Waals surface area contributed by atoms with E-state index in [-0.39, 0.29) is 15.0 Å². The first-order valence-electron chi connectivity index (χ1n) is 3.64. The standard InChI is InChI=1S/C7H4ClF2IN2O2/c8-1-3-2-12-7(13(14)15)5(11)4(3)6(9)10/h2,6H,1H2. The third-order valence-corrected chi connectivity index (χ3v) is 3.01. The van der Waals surface area contributed by atoms with Crippen molar-refractivity contribution in [3.8, 4) is 0 Å². The van der Waals surface area contributed by atoms with E-state index in [0.717, 1.165) is 6.20 Å². The van der Waals surface area contributed by atoms with Gasteiger partial charge in [-0.05, 0) is 32.5 Å². The summed E-state index contributed by atoms with van der Waals surface area (Å²) < 4.78 is 25.0. The maximum Gasteiger partial charge on any atom is 0.377 e. The van der Waals surface area contributed by atoms with Gasteiger partial charge in [0.25, 0.3) is 6.43 Å². The summed E-state index contributed by atoms with van der Waals surface area (Å²) >= 11 is 6.91. The molecule has 1 aromatic rings. The number of nitrogens with zero attached hydrogens (tertiary/aromatic N) is 2. The minimum absolute atomic E-state index is 0.113. The van der Waals surface area contributed by atoms with Crippen LogP contribution in [0.4, 0.5) is 14.6 Å². The second kappa shape index (κ2) is 4.97. The molecule has 1 heterocycles. The van der Waals surface area contributed by atoms with E-state index < -0.39 is 22.7 Å². The van der Waals surface area contributed by atoms with Gasteiger partial charge in [0.2, 0.25) is 0 Å². The van der Waals surface area contributed by atoms with Crippen molar-refractivity contribution in [3.63, 3.8) is 0 Å². The molecule has 0 aliphatic rings. The number of hydrogen-bond acceptors (Lipinski definition) is 3. The Labute approximate surface area is 102 Å². The molecule has 0 bridgehead atoms. The molecule has 4 nitrogen and oxygen atoms in total. The van der Waals surface area contributed by atoms with Gasteiger partial charge in [-0.3, -0.25) is 0 Å². The van der Waals surface area contributed by atoms with Crippen molar-refractivity contribution in [3.05, 3.63) is 31.0 Å². The predicted molar refractivity (Wildman–Crippen MR) is 58.1 cm³/mol. The van der Waals surface area contributed by atoms with Gasteiger partial charge in [0.1, 0.15) is 9.77 Å². The lowest BCUT2D eigenvalue weighted by molar-refractivity contribution is -0.390. The highest BCUT2D eigenvalue weighted by Crippen LogP contribution is 2.32. The quantitative estimate of drug-likeness (QED) is 0.365. The molecule has 0 unspecified atom stereocenters. The Balaban J connectivity index is 3.42. The third kappa shape index (κ3) is 2.51. The molecular weight excluding hydrogens is 344 g/mol. The maximum atomic E-state index is 12.6. The minimum atomic E-state index is -2.80. The van der Waals surface area contributed by atoms with Crippen molar-refractivity contribution in [2.75, 3.05) is 0 Å². The summed E-state index contributed by atoms with van der Waals surface area (Å²) in [5.41, 5.74) is -0.297. The molecule has 0 radical (unpaired) electrons. The van der Waals surface area contributed by atoms with Crippen LogP contribution in [0.5, 0.6) is 0 Å². The molecule has 0 atom stereocenters. The SMILES string of the molecule is O=[N+]([O-])c1ncc(CCl)c(C(F)F)c1I. The number of rotatable bonds is 3. The summed E-state index contributed by atoms with van der Waals surface area (Å²) in [7, 11) is 0. The summed E-state index contributed by atoms with van der Waals surface area (Å²) in [6, 6.07) is 0. The largest absolute Gasteiger partial charge is 0.377 e. The zero-order valence-electron chi connectivity index (χ0n) is 7.08. The van der Waals surface area contributed by atoms with Gasteiger partial charge in [0, 0.05) is 11.1 Å². The van der Waals surface area contributed by atoms with E-state index in [9.17, 15) is 18.9 Å². The van der Waals surface area contributed by atoms with E-state index >= 15 is 0 Å². The predicted octanol–water partition coefficient (Wildman–Crippen LogP) is 3.27. The van der Waals surface area contributed by atoms with Gasteiger partial charge in [0.05, 0.1) is 5.88 Å². The molecule has 0 fully saturated rings. The summed E-state index contributed by atoms with van der Waals surface area (Å²) in [5.74, 6) is -0.722. The normalized spacial score (nSPS) is 10.7. The average Bonchev–Trinajstić information content (AvgIpc) is 2.15. The van der Waals surface area contributed by atoms with Crippen LogP contribution < -0.4 is 0 Å². The first kappa shape index (κ1) is 12.5. The third-order valence-electron chi connectivity index (χ3n) is 1.66. The van der Waals surface area contributed by atoms with E-state index in [4.69, 9.17) is 11.6 Å². The van der Waals surface area contributed by atoms with Crippen molar-refractivity contribution >= 4 is 40.0 Å². The Morgan fingerprint density at radius 1 is 1.67 bits per heavy atom. The van der Waals surface area contributed by atoms with Gasteiger partial charge in [-0.25, -0.2) is 8.78 Å². The second-order valence-electron chi connectivity index (χ2n) is 2.53. The Morgan fingerprint density at radius 2 is 2.27 bits per heavy atom. The molecule has 0 spiro atoms. The monoisotopic (exact) mass is 348 g/mol. The zero-order valence-corrected chi connectivity index (χ0v) is 10.00. The van der Waals surface area contributed by atoms with Crippen molar-refractivity contribution in [1.29, 1.82) is 0 Å². The van der Waals surface area contributed by atoms with E-state index in [1.54, 1.807) is 0 Å². The van der Waals surface area contributed by atoms with E-state index in [0.29, 0.717) is 0 Å². The van der Waals surface area contributed by atoms with E-state index in [1.807, 2.05) is 0 Å². The van der Waals surface area contributed by atoms with Gasteiger partial charge in [-0.2, -0.15) is 0 Å². The molecule has 1 rings (SSSR count). The molecule has 0 aliphatic heterocycles. The smallest absolute Gasteiger partial charge is 0.358 e. The molecule has 0 amide bonds. The number of hydrogen-bond donors (Lipinski definition) is 0. The Morgan fingerprint density at radius 3 is 2.67 bits per heavy atom. The highest BCUT2D eigenvalue weighted by atomic mass is 127. The molecule has 1 aromatic heterocycles.